The van der Waals surface area contributed by atoms with E-state index in [0.29, 0.717) is 5.56 Å². The Hall–Kier alpha value is -1.27. The Labute approximate surface area is 137 Å². The number of hydrogen-bond donors (Lipinski definition) is 1. The van der Waals surface area contributed by atoms with Crippen molar-refractivity contribution in [3.05, 3.63) is 46.5 Å². The summed E-state index contributed by atoms with van der Waals surface area (Å²) in [5, 5.41) is 0. The van der Waals surface area contributed by atoms with Crippen LogP contribution in [0.5, 0.6) is 0 Å². The summed E-state index contributed by atoms with van der Waals surface area (Å²) in [4.78, 5) is -0.0520. The van der Waals surface area contributed by atoms with Crippen molar-refractivity contribution in [2.45, 2.75) is 49.7 Å². The molecule has 1 aromatic carbocycles. The average Bonchev–Trinajstić information content (AvgIpc) is 2.45. The first kappa shape index (κ1) is 18.1. The molecule has 0 bridgehead atoms. The number of rotatable bonds is 3. The van der Waals surface area contributed by atoms with Crippen LogP contribution in [0.3, 0.4) is 0 Å². The van der Waals surface area contributed by atoms with Crippen LogP contribution in [0.1, 0.15) is 44.2 Å². The highest BCUT2D eigenvalue weighted by molar-refractivity contribution is 7.94. The third kappa shape index (κ3) is 4.18. The van der Waals surface area contributed by atoms with Gasteiger partial charge < -0.3 is 5.73 Å². The molecule has 0 spiro atoms. The zero-order valence-corrected chi connectivity index (χ0v) is 13.8. The van der Waals surface area contributed by atoms with E-state index in [0.717, 1.165) is 37.0 Å². The lowest BCUT2D eigenvalue weighted by Crippen LogP contribution is -2.40. The van der Waals surface area contributed by atoms with Crippen LogP contribution in [-0.4, -0.2) is 5.54 Å². The fraction of sp³-hybridized carbons (Fsp3) is 0.412. The number of allylic oxidation sites excluding steroid dienone is 1. The van der Waals surface area contributed by atoms with Crippen LogP contribution in [-0.2, 0) is 6.18 Å². The summed E-state index contributed by atoms with van der Waals surface area (Å²) in [5.74, 6) is 0. The minimum absolute atomic E-state index is 0.0520. The van der Waals surface area contributed by atoms with Gasteiger partial charge in [0.1, 0.15) is 0 Å². The second kappa shape index (κ2) is 6.69. The van der Waals surface area contributed by atoms with Crippen molar-refractivity contribution in [2.75, 3.05) is 0 Å². The maximum atomic E-state index is 13.0. The van der Waals surface area contributed by atoms with Gasteiger partial charge in [-0.3, -0.25) is 0 Å². The summed E-state index contributed by atoms with van der Waals surface area (Å²) in [5.41, 5.74) is 7.52. The van der Waals surface area contributed by atoms with E-state index in [1.54, 1.807) is 12.2 Å². The number of nitrogens with two attached hydrogens (primary N) is 1. The summed E-state index contributed by atoms with van der Waals surface area (Å²) < 4.78 is 51.1. The minimum atomic E-state index is -4.48. The van der Waals surface area contributed by atoms with E-state index in [-0.39, 0.29) is 17.0 Å². The lowest BCUT2D eigenvalue weighted by atomic mass is 9.78. The molecule has 126 valence electrons. The Morgan fingerprint density at radius 3 is 2.52 bits per heavy atom. The van der Waals surface area contributed by atoms with Gasteiger partial charge in [0, 0.05) is 10.4 Å². The normalized spacial score (nSPS) is 22.9. The molecule has 0 fully saturated rings. The maximum Gasteiger partial charge on any atom is 0.416 e. The largest absolute Gasteiger partial charge is 0.416 e. The van der Waals surface area contributed by atoms with Crippen molar-refractivity contribution in [1.29, 1.82) is 0 Å². The molecule has 0 amide bonds. The third-order valence-corrected chi connectivity index (χ3v) is 4.70. The molecule has 2 rings (SSSR count). The lowest BCUT2D eigenvalue weighted by Gasteiger charge is -2.32. The summed E-state index contributed by atoms with van der Waals surface area (Å²) in [6, 6.07) is 3.07. The minimum Gasteiger partial charge on any atom is -0.322 e. The van der Waals surface area contributed by atoms with Gasteiger partial charge in [-0.1, -0.05) is 23.8 Å². The van der Waals surface area contributed by atoms with Crippen LogP contribution >= 0.6 is 12.1 Å². The van der Waals surface area contributed by atoms with Gasteiger partial charge >= 0.3 is 6.18 Å². The number of alkyl halides is 3. The molecule has 0 saturated carbocycles. The molecular formula is C17H19F4NS. The topological polar surface area (TPSA) is 26.0 Å². The van der Waals surface area contributed by atoms with Crippen molar-refractivity contribution in [2.24, 2.45) is 5.73 Å². The van der Waals surface area contributed by atoms with Crippen molar-refractivity contribution in [3.63, 3.8) is 0 Å². The second-order valence-electron chi connectivity index (χ2n) is 6.13. The molecule has 6 heteroatoms. The number of benzene rings is 1. The smallest absolute Gasteiger partial charge is 0.322 e. The van der Waals surface area contributed by atoms with Gasteiger partial charge in [-0.05, 0) is 56.4 Å². The van der Waals surface area contributed by atoms with Crippen LogP contribution in [0.2, 0.25) is 0 Å². The van der Waals surface area contributed by atoms with Crippen LogP contribution in [0.25, 0.3) is 6.08 Å². The van der Waals surface area contributed by atoms with Gasteiger partial charge in [0.25, 0.3) is 0 Å². The molecule has 0 heterocycles. The Morgan fingerprint density at radius 1 is 1.26 bits per heavy atom. The van der Waals surface area contributed by atoms with Gasteiger partial charge in [0.15, 0.2) is 0 Å². The molecule has 2 N–H and O–H groups in total. The van der Waals surface area contributed by atoms with Crippen molar-refractivity contribution >= 4 is 18.2 Å². The quantitative estimate of drug-likeness (QED) is 0.689. The predicted molar refractivity (Wildman–Crippen MR) is 86.6 cm³/mol. The molecule has 0 saturated heterocycles. The highest BCUT2D eigenvalue weighted by Gasteiger charge is 2.31. The molecule has 0 radical (unpaired) electrons. The van der Waals surface area contributed by atoms with E-state index in [2.05, 4.69) is 0 Å². The first-order chi connectivity index (χ1) is 10.6. The van der Waals surface area contributed by atoms with E-state index in [1.807, 2.05) is 13.8 Å². The summed E-state index contributed by atoms with van der Waals surface area (Å²) in [6.45, 7) is 3.94. The molecule has 0 aromatic heterocycles. The van der Waals surface area contributed by atoms with E-state index in [1.165, 1.54) is 11.6 Å². The Balaban J connectivity index is 2.36. The van der Waals surface area contributed by atoms with Crippen LogP contribution in [0, 0.1) is 0 Å². The molecule has 1 aliphatic rings. The zero-order valence-electron chi connectivity index (χ0n) is 13.0. The van der Waals surface area contributed by atoms with Gasteiger partial charge in [0.2, 0.25) is 0 Å². The highest BCUT2D eigenvalue weighted by Crippen LogP contribution is 2.36. The first-order valence-corrected chi connectivity index (χ1v) is 8.04. The van der Waals surface area contributed by atoms with Crippen LogP contribution in [0.15, 0.2) is 40.3 Å². The first-order valence-electron chi connectivity index (χ1n) is 7.32. The van der Waals surface area contributed by atoms with Gasteiger partial charge in [-0.25, -0.2) is 0 Å². The van der Waals surface area contributed by atoms with E-state index < -0.39 is 17.3 Å². The maximum absolute atomic E-state index is 13.0. The Morgan fingerprint density at radius 2 is 1.96 bits per heavy atom. The summed E-state index contributed by atoms with van der Waals surface area (Å²) in [7, 11) is 0. The van der Waals surface area contributed by atoms with Crippen LogP contribution in [0.4, 0.5) is 17.1 Å². The molecular weight excluding hydrogens is 326 g/mol. The van der Waals surface area contributed by atoms with Crippen molar-refractivity contribution in [3.8, 4) is 0 Å². The predicted octanol–water partition coefficient (Wildman–Crippen LogP) is 5.91. The standard InChI is InChI=1S/C17H19F4NS/c1-11-4-3-9-16(2,22)14(11)8-6-12-5-7-13(17(18,19)20)10-15(12)23-21/h5-8,10H,3-4,9,22H2,1-2H3/b8-6+. The molecule has 0 aliphatic heterocycles. The molecule has 1 nitrogen and oxygen atoms in total. The second-order valence-corrected chi connectivity index (χ2v) is 6.72. The zero-order chi connectivity index (χ0) is 17.3. The molecule has 1 atom stereocenters. The molecule has 1 aliphatic carbocycles. The number of hydrogen-bond acceptors (Lipinski definition) is 2. The van der Waals surface area contributed by atoms with E-state index >= 15 is 0 Å². The monoisotopic (exact) mass is 345 g/mol. The molecule has 23 heavy (non-hydrogen) atoms. The van der Waals surface area contributed by atoms with E-state index in [9.17, 15) is 17.1 Å². The number of halogens is 4. The fourth-order valence-electron chi connectivity index (χ4n) is 2.90. The van der Waals surface area contributed by atoms with Gasteiger partial charge in [-0.2, -0.15) is 17.1 Å². The summed E-state index contributed by atoms with van der Waals surface area (Å²) >= 11 is -0.186. The molecule has 1 aromatic rings. The van der Waals surface area contributed by atoms with Crippen molar-refractivity contribution < 1.29 is 17.1 Å². The van der Waals surface area contributed by atoms with E-state index in [4.69, 9.17) is 5.73 Å². The van der Waals surface area contributed by atoms with Gasteiger partial charge in [-0.15, -0.1) is 0 Å². The SMILES string of the molecule is CC1=C(/C=C/c2ccc(C(F)(F)F)cc2SF)C(C)(N)CCC1. The Kier molecular flexibility index (Phi) is 5.26. The highest BCUT2D eigenvalue weighted by atomic mass is 32.2. The van der Waals surface area contributed by atoms with Gasteiger partial charge in [0.05, 0.1) is 17.7 Å². The summed E-state index contributed by atoms with van der Waals surface area (Å²) in [6.07, 6.45) is 1.77. The lowest BCUT2D eigenvalue weighted by molar-refractivity contribution is -0.137. The third-order valence-electron chi connectivity index (χ3n) is 4.18. The Bertz CT molecular complexity index is 644. The molecule has 1 unspecified atom stereocenters. The fourth-order valence-corrected chi connectivity index (χ4v) is 3.30. The van der Waals surface area contributed by atoms with Crippen molar-refractivity contribution in [1.82, 2.24) is 0 Å². The average molecular weight is 345 g/mol. The van der Waals surface area contributed by atoms with Crippen LogP contribution < -0.4 is 5.73 Å².